The van der Waals surface area contributed by atoms with Gasteiger partial charge in [0.15, 0.2) is 0 Å². The van der Waals surface area contributed by atoms with E-state index in [4.69, 9.17) is 0 Å². The van der Waals surface area contributed by atoms with Gasteiger partial charge in [-0.2, -0.15) is 0 Å². The molecule has 19 heavy (non-hydrogen) atoms. The minimum absolute atomic E-state index is 0.162. The number of halogens is 1. The van der Waals surface area contributed by atoms with Crippen molar-refractivity contribution in [2.75, 3.05) is 12.8 Å². The van der Waals surface area contributed by atoms with Gasteiger partial charge < -0.3 is 5.32 Å². The monoisotopic (exact) mass is 295 g/mol. The summed E-state index contributed by atoms with van der Waals surface area (Å²) < 4.78 is 13.1. The average molecular weight is 295 g/mol. The van der Waals surface area contributed by atoms with Crippen LogP contribution in [-0.2, 0) is 6.42 Å². The first kappa shape index (κ1) is 14.6. The first-order valence-electron chi connectivity index (χ1n) is 6.36. The van der Waals surface area contributed by atoms with Crippen LogP contribution >= 0.6 is 23.1 Å². The third kappa shape index (κ3) is 4.97. The summed E-state index contributed by atoms with van der Waals surface area (Å²) in [6.07, 6.45) is 2.21. The summed E-state index contributed by atoms with van der Waals surface area (Å²) in [5, 5.41) is 5.46. The van der Waals surface area contributed by atoms with E-state index in [1.165, 1.54) is 10.9 Å². The van der Waals surface area contributed by atoms with Crippen LogP contribution in [0.3, 0.4) is 0 Å². The van der Waals surface area contributed by atoms with E-state index in [2.05, 4.69) is 22.8 Å². The maximum Gasteiger partial charge on any atom is 0.124 e. The van der Waals surface area contributed by atoms with Gasteiger partial charge in [-0.05, 0) is 49.5 Å². The van der Waals surface area contributed by atoms with Crippen molar-refractivity contribution in [2.24, 2.45) is 0 Å². The molecule has 0 fully saturated rings. The van der Waals surface area contributed by atoms with E-state index < -0.39 is 0 Å². The van der Waals surface area contributed by atoms with Crippen LogP contribution in [0.5, 0.6) is 0 Å². The Morgan fingerprint density at radius 2 is 2.21 bits per heavy atom. The SMILES string of the molecule is CNC(CCc1cccs1)CSc1cccc(F)c1. The Hall–Kier alpha value is -0.840. The zero-order valence-corrected chi connectivity index (χ0v) is 12.6. The lowest BCUT2D eigenvalue weighted by atomic mass is 10.1. The Morgan fingerprint density at radius 1 is 1.32 bits per heavy atom. The molecule has 0 spiro atoms. The summed E-state index contributed by atoms with van der Waals surface area (Å²) >= 11 is 3.51. The van der Waals surface area contributed by atoms with E-state index in [9.17, 15) is 4.39 Å². The zero-order valence-electron chi connectivity index (χ0n) is 10.9. The molecule has 0 saturated heterocycles. The largest absolute Gasteiger partial charge is 0.316 e. The molecule has 1 unspecified atom stereocenters. The number of aryl methyl sites for hydroxylation is 1. The third-order valence-electron chi connectivity index (χ3n) is 2.97. The van der Waals surface area contributed by atoms with Crippen LogP contribution in [-0.4, -0.2) is 18.8 Å². The van der Waals surface area contributed by atoms with Crippen molar-refractivity contribution >= 4 is 23.1 Å². The number of thioether (sulfide) groups is 1. The third-order valence-corrected chi connectivity index (χ3v) is 5.07. The lowest BCUT2D eigenvalue weighted by Gasteiger charge is -2.15. The predicted molar refractivity (Wildman–Crippen MR) is 82.6 cm³/mol. The van der Waals surface area contributed by atoms with E-state index in [0.717, 1.165) is 23.5 Å². The van der Waals surface area contributed by atoms with Crippen molar-refractivity contribution in [1.82, 2.24) is 5.32 Å². The van der Waals surface area contributed by atoms with Crippen molar-refractivity contribution in [3.63, 3.8) is 0 Å². The van der Waals surface area contributed by atoms with Crippen LogP contribution in [0, 0.1) is 5.82 Å². The Bertz CT molecular complexity index is 485. The van der Waals surface area contributed by atoms with Crippen molar-refractivity contribution < 1.29 is 4.39 Å². The molecule has 1 heterocycles. The number of thiophene rings is 1. The molecule has 0 amide bonds. The van der Waals surface area contributed by atoms with Gasteiger partial charge in [0.2, 0.25) is 0 Å². The summed E-state index contributed by atoms with van der Waals surface area (Å²) in [7, 11) is 1.99. The van der Waals surface area contributed by atoms with Crippen LogP contribution in [0.4, 0.5) is 4.39 Å². The minimum atomic E-state index is -0.162. The topological polar surface area (TPSA) is 12.0 Å². The van der Waals surface area contributed by atoms with Crippen molar-refractivity contribution in [2.45, 2.75) is 23.8 Å². The van der Waals surface area contributed by atoms with E-state index in [1.807, 2.05) is 24.5 Å². The van der Waals surface area contributed by atoms with Crippen molar-refractivity contribution in [3.8, 4) is 0 Å². The normalized spacial score (nSPS) is 12.5. The number of nitrogens with one attached hydrogen (secondary N) is 1. The molecular formula is C15H18FNS2. The predicted octanol–water partition coefficient (Wildman–Crippen LogP) is 4.20. The minimum Gasteiger partial charge on any atom is -0.316 e. The second-order valence-electron chi connectivity index (χ2n) is 4.37. The van der Waals surface area contributed by atoms with Gasteiger partial charge in [-0.25, -0.2) is 4.39 Å². The lowest BCUT2D eigenvalue weighted by molar-refractivity contribution is 0.575. The molecule has 4 heteroatoms. The number of hydrogen-bond acceptors (Lipinski definition) is 3. The highest BCUT2D eigenvalue weighted by Crippen LogP contribution is 2.21. The Balaban J connectivity index is 1.79. The first-order valence-corrected chi connectivity index (χ1v) is 8.22. The van der Waals surface area contributed by atoms with Gasteiger partial charge in [0, 0.05) is 21.6 Å². The molecule has 102 valence electrons. The molecule has 1 atom stereocenters. The molecule has 0 radical (unpaired) electrons. The Morgan fingerprint density at radius 3 is 2.89 bits per heavy atom. The van der Waals surface area contributed by atoms with Gasteiger partial charge >= 0.3 is 0 Å². The molecule has 1 aromatic carbocycles. The van der Waals surface area contributed by atoms with Gasteiger partial charge in [-0.3, -0.25) is 0 Å². The molecule has 0 aliphatic rings. The maximum absolute atomic E-state index is 13.1. The molecule has 1 aromatic heterocycles. The zero-order chi connectivity index (χ0) is 13.5. The van der Waals surface area contributed by atoms with Gasteiger partial charge in [0.05, 0.1) is 0 Å². The van der Waals surface area contributed by atoms with Crippen molar-refractivity contribution in [3.05, 3.63) is 52.5 Å². The van der Waals surface area contributed by atoms with Gasteiger partial charge in [-0.1, -0.05) is 12.1 Å². The van der Waals surface area contributed by atoms with Crippen LogP contribution in [0.15, 0.2) is 46.7 Å². The van der Waals surface area contributed by atoms with E-state index >= 15 is 0 Å². The van der Waals surface area contributed by atoms with Crippen molar-refractivity contribution in [1.29, 1.82) is 0 Å². The van der Waals surface area contributed by atoms with E-state index in [1.54, 1.807) is 23.9 Å². The molecule has 0 aliphatic heterocycles. The summed E-state index contributed by atoms with van der Waals surface area (Å²) in [4.78, 5) is 2.42. The Kier molecular flexibility index (Phi) is 5.89. The van der Waals surface area contributed by atoms with E-state index in [-0.39, 0.29) is 5.82 Å². The quantitative estimate of drug-likeness (QED) is 0.768. The summed E-state index contributed by atoms with van der Waals surface area (Å²) in [5.74, 6) is 0.801. The molecule has 2 aromatic rings. The second-order valence-corrected chi connectivity index (χ2v) is 6.50. The number of hydrogen-bond donors (Lipinski definition) is 1. The lowest BCUT2D eigenvalue weighted by Crippen LogP contribution is -2.28. The van der Waals surface area contributed by atoms with Crippen LogP contribution in [0.25, 0.3) is 0 Å². The summed E-state index contributed by atoms with van der Waals surface area (Å²) in [6, 6.07) is 11.5. The fourth-order valence-corrected chi connectivity index (χ4v) is 3.66. The molecule has 0 aliphatic carbocycles. The maximum atomic E-state index is 13.1. The average Bonchev–Trinajstić information content (AvgIpc) is 2.92. The first-order chi connectivity index (χ1) is 9.28. The highest BCUT2D eigenvalue weighted by Gasteiger charge is 2.08. The second kappa shape index (κ2) is 7.68. The van der Waals surface area contributed by atoms with Crippen LogP contribution in [0.2, 0.25) is 0 Å². The molecule has 0 saturated carbocycles. The smallest absolute Gasteiger partial charge is 0.124 e. The molecule has 1 N–H and O–H groups in total. The summed E-state index contributed by atoms with van der Waals surface area (Å²) in [5.41, 5.74) is 0. The van der Waals surface area contributed by atoms with Gasteiger partial charge in [0.25, 0.3) is 0 Å². The molecular weight excluding hydrogens is 277 g/mol. The van der Waals surface area contributed by atoms with Gasteiger partial charge in [0.1, 0.15) is 5.82 Å². The number of rotatable bonds is 7. The van der Waals surface area contributed by atoms with Crippen LogP contribution in [0.1, 0.15) is 11.3 Å². The highest BCUT2D eigenvalue weighted by atomic mass is 32.2. The highest BCUT2D eigenvalue weighted by molar-refractivity contribution is 7.99. The Labute approximate surface area is 122 Å². The summed E-state index contributed by atoms with van der Waals surface area (Å²) in [6.45, 7) is 0. The van der Waals surface area contributed by atoms with Crippen LogP contribution < -0.4 is 5.32 Å². The molecule has 0 bridgehead atoms. The van der Waals surface area contributed by atoms with E-state index in [0.29, 0.717) is 6.04 Å². The number of benzene rings is 1. The van der Waals surface area contributed by atoms with Gasteiger partial charge in [-0.15, -0.1) is 23.1 Å². The standard InChI is InChI=1S/C15H18FNS2/c1-17-13(7-8-14-6-3-9-18-14)11-19-15-5-2-4-12(16)10-15/h2-6,9-10,13,17H,7-8,11H2,1H3. The fraction of sp³-hybridized carbons (Fsp3) is 0.333. The fourth-order valence-electron chi connectivity index (χ4n) is 1.84. The molecule has 2 rings (SSSR count). The molecule has 1 nitrogen and oxygen atoms in total.